The lowest BCUT2D eigenvalue weighted by Gasteiger charge is -2.07. The smallest absolute Gasteiger partial charge is 0.264 e. The third-order valence-electron chi connectivity index (χ3n) is 4.93. The highest BCUT2D eigenvalue weighted by Gasteiger charge is 2.23. The van der Waals surface area contributed by atoms with Gasteiger partial charge in [0.1, 0.15) is 23.0 Å². The van der Waals surface area contributed by atoms with Crippen LogP contribution in [0.25, 0.3) is 22.8 Å². The molecule has 8 nitrogen and oxygen atoms in total. The van der Waals surface area contributed by atoms with Gasteiger partial charge in [-0.15, -0.1) is 11.8 Å². The van der Waals surface area contributed by atoms with Gasteiger partial charge in [-0.05, 0) is 24.7 Å². The Kier molecular flexibility index (Phi) is 6.86. The lowest BCUT2D eigenvalue weighted by atomic mass is 10.1. The SMILES string of the molecule is CSc1nn(CC(=O)NCCCc2ccccc2)c(N)c1-c1nc(-c2ccccc2)no1. The average molecular weight is 449 g/mol. The van der Waals surface area contributed by atoms with Gasteiger partial charge in [-0.2, -0.15) is 10.1 Å². The Morgan fingerprint density at radius 3 is 2.56 bits per heavy atom. The van der Waals surface area contributed by atoms with Crippen LogP contribution in [-0.4, -0.2) is 38.6 Å². The second kappa shape index (κ2) is 10.1. The Balaban J connectivity index is 1.41. The molecule has 164 valence electrons. The number of anilines is 1. The van der Waals surface area contributed by atoms with Crippen molar-refractivity contribution in [1.82, 2.24) is 25.2 Å². The molecule has 0 bridgehead atoms. The minimum Gasteiger partial charge on any atom is -0.383 e. The molecule has 0 saturated heterocycles. The van der Waals surface area contributed by atoms with Gasteiger partial charge in [-0.25, -0.2) is 4.68 Å². The number of nitrogens with one attached hydrogen (secondary N) is 1. The molecular weight excluding hydrogens is 424 g/mol. The van der Waals surface area contributed by atoms with Gasteiger partial charge in [-0.1, -0.05) is 65.8 Å². The molecule has 32 heavy (non-hydrogen) atoms. The lowest BCUT2D eigenvalue weighted by Crippen LogP contribution is -2.29. The van der Waals surface area contributed by atoms with Crippen LogP contribution in [0.2, 0.25) is 0 Å². The normalized spacial score (nSPS) is 10.9. The Morgan fingerprint density at radius 2 is 1.84 bits per heavy atom. The molecule has 0 spiro atoms. The fraction of sp³-hybridized carbons (Fsp3) is 0.217. The van der Waals surface area contributed by atoms with E-state index >= 15 is 0 Å². The monoisotopic (exact) mass is 448 g/mol. The number of nitrogens with zero attached hydrogens (tertiary/aromatic N) is 4. The summed E-state index contributed by atoms with van der Waals surface area (Å²) in [5.74, 6) is 0.912. The van der Waals surface area contributed by atoms with Crippen molar-refractivity contribution in [1.29, 1.82) is 0 Å². The minimum atomic E-state index is -0.151. The van der Waals surface area contributed by atoms with Gasteiger partial charge < -0.3 is 15.6 Å². The van der Waals surface area contributed by atoms with Crippen molar-refractivity contribution < 1.29 is 9.32 Å². The van der Waals surface area contributed by atoms with Crippen LogP contribution >= 0.6 is 11.8 Å². The van der Waals surface area contributed by atoms with Crippen LogP contribution in [0.4, 0.5) is 5.82 Å². The van der Waals surface area contributed by atoms with Crippen LogP contribution in [0, 0.1) is 0 Å². The summed E-state index contributed by atoms with van der Waals surface area (Å²) in [6.45, 7) is 0.603. The van der Waals surface area contributed by atoms with Gasteiger partial charge in [0.15, 0.2) is 0 Å². The number of hydrogen-bond acceptors (Lipinski definition) is 7. The van der Waals surface area contributed by atoms with Crippen molar-refractivity contribution in [2.75, 3.05) is 18.5 Å². The van der Waals surface area contributed by atoms with Crippen LogP contribution in [0.3, 0.4) is 0 Å². The Morgan fingerprint density at radius 1 is 1.12 bits per heavy atom. The minimum absolute atomic E-state index is 0.0183. The molecule has 9 heteroatoms. The number of carbonyl (C=O) groups is 1. The second-order valence-electron chi connectivity index (χ2n) is 7.16. The molecule has 0 unspecified atom stereocenters. The van der Waals surface area contributed by atoms with Gasteiger partial charge >= 0.3 is 0 Å². The molecule has 2 aromatic heterocycles. The molecule has 0 aliphatic carbocycles. The Bertz CT molecular complexity index is 1170. The van der Waals surface area contributed by atoms with Crippen LogP contribution < -0.4 is 11.1 Å². The number of aromatic nitrogens is 4. The van der Waals surface area contributed by atoms with Gasteiger partial charge in [0, 0.05) is 12.1 Å². The number of hydrogen-bond donors (Lipinski definition) is 2. The van der Waals surface area contributed by atoms with Crippen molar-refractivity contribution in [2.45, 2.75) is 24.4 Å². The standard InChI is InChI=1S/C23H24N6O2S/c1-32-23-19(22-26-21(28-31-22)17-12-6-3-7-13-17)20(24)29(27-23)15-18(30)25-14-8-11-16-9-4-2-5-10-16/h2-7,9-10,12-13H,8,11,14-15,24H2,1H3,(H,25,30). The first-order valence-corrected chi connectivity index (χ1v) is 11.5. The first-order chi connectivity index (χ1) is 15.7. The molecule has 0 aliphatic rings. The summed E-state index contributed by atoms with van der Waals surface area (Å²) >= 11 is 1.41. The number of thioether (sulfide) groups is 1. The molecule has 1 amide bonds. The highest BCUT2D eigenvalue weighted by Crippen LogP contribution is 2.34. The third kappa shape index (κ3) is 5.00. The lowest BCUT2D eigenvalue weighted by molar-refractivity contribution is -0.121. The first-order valence-electron chi connectivity index (χ1n) is 10.3. The van der Waals surface area contributed by atoms with E-state index in [-0.39, 0.29) is 18.3 Å². The third-order valence-corrected chi connectivity index (χ3v) is 5.60. The maximum atomic E-state index is 12.4. The number of nitrogens with two attached hydrogens (primary N) is 1. The van der Waals surface area contributed by atoms with Crippen molar-refractivity contribution in [2.24, 2.45) is 0 Å². The number of benzene rings is 2. The van der Waals surface area contributed by atoms with Gasteiger partial charge in [-0.3, -0.25) is 4.79 Å². The molecule has 0 radical (unpaired) electrons. The Hall–Kier alpha value is -3.59. The van der Waals surface area contributed by atoms with Gasteiger partial charge in [0.25, 0.3) is 5.89 Å². The van der Waals surface area contributed by atoms with Crippen LogP contribution in [0.5, 0.6) is 0 Å². The van der Waals surface area contributed by atoms with E-state index in [0.29, 0.717) is 28.8 Å². The fourth-order valence-electron chi connectivity index (χ4n) is 3.30. The van der Waals surface area contributed by atoms with E-state index in [2.05, 4.69) is 32.7 Å². The number of aryl methyl sites for hydroxylation is 1. The molecule has 3 N–H and O–H groups in total. The molecule has 4 rings (SSSR count). The first kappa shape index (κ1) is 21.6. The van der Waals surface area contributed by atoms with Gasteiger partial charge in [0.05, 0.1) is 0 Å². The van der Waals surface area contributed by atoms with E-state index in [1.807, 2.05) is 54.8 Å². The van der Waals surface area contributed by atoms with Crippen molar-refractivity contribution in [3.05, 3.63) is 66.2 Å². The molecule has 0 atom stereocenters. The fourth-order valence-corrected chi connectivity index (χ4v) is 3.88. The van der Waals surface area contributed by atoms with E-state index in [1.54, 1.807) is 0 Å². The zero-order valence-corrected chi connectivity index (χ0v) is 18.5. The predicted octanol–water partition coefficient (Wildman–Crippen LogP) is 3.65. The number of carbonyl (C=O) groups excluding carboxylic acids is 1. The van der Waals surface area contributed by atoms with Gasteiger partial charge in [0.2, 0.25) is 11.7 Å². The molecule has 2 heterocycles. The number of rotatable bonds is 9. The maximum Gasteiger partial charge on any atom is 0.264 e. The number of nitrogen functional groups attached to an aromatic ring is 1. The van der Waals surface area contributed by atoms with Crippen molar-refractivity contribution in [3.8, 4) is 22.8 Å². The zero-order chi connectivity index (χ0) is 22.3. The van der Waals surface area contributed by atoms with E-state index in [0.717, 1.165) is 18.4 Å². The highest BCUT2D eigenvalue weighted by atomic mass is 32.2. The molecule has 4 aromatic rings. The zero-order valence-electron chi connectivity index (χ0n) is 17.7. The summed E-state index contributed by atoms with van der Waals surface area (Å²) in [4.78, 5) is 16.9. The van der Waals surface area contributed by atoms with Crippen molar-refractivity contribution in [3.63, 3.8) is 0 Å². The summed E-state index contributed by atoms with van der Waals surface area (Å²) in [6.07, 6.45) is 3.65. The number of amides is 1. The molecule has 0 saturated carbocycles. The molecule has 0 fully saturated rings. The van der Waals surface area contributed by atoms with E-state index in [4.69, 9.17) is 10.3 Å². The molecule has 2 aromatic carbocycles. The molecular formula is C23H24N6O2S. The quantitative estimate of drug-likeness (QED) is 0.297. The van der Waals surface area contributed by atoms with Crippen molar-refractivity contribution >= 4 is 23.5 Å². The predicted molar refractivity (Wildman–Crippen MR) is 125 cm³/mol. The molecule has 0 aliphatic heterocycles. The summed E-state index contributed by atoms with van der Waals surface area (Å²) in [7, 11) is 0. The van der Waals surface area contributed by atoms with E-state index in [9.17, 15) is 4.79 Å². The Labute approximate surface area is 190 Å². The van der Waals surface area contributed by atoms with Crippen LogP contribution in [0.15, 0.2) is 70.2 Å². The summed E-state index contributed by atoms with van der Waals surface area (Å²) < 4.78 is 6.93. The summed E-state index contributed by atoms with van der Waals surface area (Å²) in [5.41, 5.74) is 8.96. The van der Waals surface area contributed by atoms with E-state index < -0.39 is 0 Å². The second-order valence-corrected chi connectivity index (χ2v) is 7.95. The van der Waals surface area contributed by atoms with Crippen LogP contribution in [-0.2, 0) is 17.8 Å². The average Bonchev–Trinajstić information content (AvgIpc) is 3.43. The summed E-state index contributed by atoms with van der Waals surface area (Å²) in [6, 6.07) is 19.7. The van der Waals surface area contributed by atoms with Crippen LogP contribution in [0.1, 0.15) is 12.0 Å². The topological polar surface area (TPSA) is 112 Å². The highest BCUT2D eigenvalue weighted by molar-refractivity contribution is 7.98. The maximum absolute atomic E-state index is 12.4. The summed E-state index contributed by atoms with van der Waals surface area (Å²) in [5, 5.41) is 12.1. The largest absolute Gasteiger partial charge is 0.383 e. The van der Waals surface area contributed by atoms with E-state index in [1.165, 1.54) is 22.0 Å².